The third-order valence-electron chi connectivity index (χ3n) is 1.97. The zero-order chi connectivity index (χ0) is 13.4. The van der Waals surface area contributed by atoms with Crippen molar-refractivity contribution in [2.45, 2.75) is 13.1 Å². The first-order chi connectivity index (χ1) is 7.66. The third kappa shape index (κ3) is 2.73. The number of rotatable bonds is 2. The molecule has 0 unspecified atom stereocenters. The van der Waals surface area contributed by atoms with Gasteiger partial charge < -0.3 is 0 Å². The lowest BCUT2D eigenvalue weighted by Crippen LogP contribution is -2.14. The van der Waals surface area contributed by atoms with Crippen LogP contribution in [-0.4, -0.2) is 10.7 Å². The molecule has 8 heteroatoms. The number of hydrogen-bond acceptors (Lipinski definition) is 3. The highest BCUT2D eigenvalue weighted by molar-refractivity contribution is 14.1. The van der Waals surface area contributed by atoms with Crippen molar-refractivity contribution in [2.75, 3.05) is 0 Å². The van der Waals surface area contributed by atoms with E-state index < -0.39 is 33.7 Å². The van der Waals surface area contributed by atoms with Crippen LogP contribution in [0.5, 0.6) is 0 Å². The highest BCUT2D eigenvalue weighted by atomic mass is 127. The molecule has 1 aromatic rings. The van der Waals surface area contributed by atoms with Crippen molar-refractivity contribution in [1.29, 1.82) is 0 Å². The number of hydrogen-bond donors (Lipinski definition) is 0. The van der Waals surface area contributed by atoms with Crippen molar-refractivity contribution >= 4 is 34.1 Å². The number of benzene rings is 1. The molecule has 0 radical (unpaired) electrons. The van der Waals surface area contributed by atoms with Gasteiger partial charge >= 0.3 is 6.18 Å². The number of halogens is 4. The largest absolute Gasteiger partial charge is 0.424 e. The minimum absolute atomic E-state index is 0.313. The van der Waals surface area contributed by atoms with E-state index in [1.54, 1.807) is 0 Å². The van der Waals surface area contributed by atoms with Crippen LogP contribution in [0.2, 0.25) is 0 Å². The van der Waals surface area contributed by atoms with Gasteiger partial charge in [-0.2, -0.15) is 13.2 Å². The highest BCUT2D eigenvalue weighted by Gasteiger charge is 2.42. The van der Waals surface area contributed by atoms with Gasteiger partial charge in [-0.3, -0.25) is 14.9 Å². The predicted molar refractivity (Wildman–Crippen MR) is 60.8 cm³/mol. The van der Waals surface area contributed by atoms with E-state index in [1.165, 1.54) is 22.6 Å². The van der Waals surface area contributed by atoms with E-state index in [0.29, 0.717) is 0 Å². The van der Waals surface area contributed by atoms with Crippen LogP contribution in [0, 0.1) is 13.7 Å². The van der Waals surface area contributed by atoms with Gasteiger partial charge in [-0.1, -0.05) is 0 Å². The van der Waals surface area contributed by atoms with Gasteiger partial charge in [0.2, 0.25) is 0 Å². The Morgan fingerprint density at radius 1 is 1.41 bits per heavy atom. The van der Waals surface area contributed by atoms with Crippen LogP contribution in [0.25, 0.3) is 0 Å². The maximum atomic E-state index is 12.7. The topological polar surface area (TPSA) is 60.2 Å². The second-order valence-corrected chi connectivity index (χ2v) is 4.29. The molecule has 17 heavy (non-hydrogen) atoms. The van der Waals surface area contributed by atoms with Gasteiger partial charge in [-0.25, -0.2) is 0 Å². The molecule has 0 aromatic heterocycles. The van der Waals surface area contributed by atoms with E-state index in [4.69, 9.17) is 0 Å². The van der Waals surface area contributed by atoms with Crippen molar-refractivity contribution < 1.29 is 22.9 Å². The Balaban J connectivity index is 3.73. The lowest BCUT2D eigenvalue weighted by atomic mass is 10.0. The summed E-state index contributed by atoms with van der Waals surface area (Å²) in [6.45, 7) is 0.982. The number of carbonyl (C=O) groups is 1. The fourth-order valence-corrected chi connectivity index (χ4v) is 2.05. The fourth-order valence-electron chi connectivity index (χ4n) is 1.31. The van der Waals surface area contributed by atoms with Gasteiger partial charge in [0, 0.05) is 3.57 Å². The van der Waals surface area contributed by atoms with Crippen LogP contribution >= 0.6 is 22.6 Å². The van der Waals surface area contributed by atoms with Gasteiger partial charge in [0.1, 0.15) is 5.56 Å². The second-order valence-electron chi connectivity index (χ2n) is 3.13. The number of alkyl halides is 3. The molecule has 92 valence electrons. The minimum Gasteiger partial charge on any atom is -0.294 e. The van der Waals surface area contributed by atoms with E-state index in [9.17, 15) is 28.1 Å². The Kier molecular flexibility index (Phi) is 3.74. The van der Waals surface area contributed by atoms with E-state index in [-0.39, 0.29) is 3.57 Å². The summed E-state index contributed by atoms with van der Waals surface area (Å²) < 4.78 is 37.8. The Hall–Kier alpha value is -1.19. The SMILES string of the molecule is CC(=O)c1ccc(I)c(C(F)(F)F)c1[N+](=O)[O-]. The molecule has 0 N–H and O–H groups in total. The molecule has 0 spiro atoms. The third-order valence-corrected chi connectivity index (χ3v) is 2.87. The smallest absolute Gasteiger partial charge is 0.294 e. The average molecular weight is 359 g/mol. The van der Waals surface area contributed by atoms with E-state index in [1.807, 2.05) is 0 Å². The Morgan fingerprint density at radius 3 is 2.29 bits per heavy atom. The van der Waals surface area contributed by atoms with Crippen molar-refractivity contribution in [3.8, 4) is 0 Å². The van der Waals surface area contributed by atoms with Gasteiger partial charge in [0.05, 0.1) is 10.5 Å². The lowest BCUT2D eigenvalue weighted by molar-refractivity contribution is -0.388. The summed E-state index contributed by atoms with van der Waals surface area (Å²) in [4.78, 5) is 20.6. The van der Waals surface area contributed by atoms with Crippen LogP contribution < -0.4 is 0 Å². The summed E-state index contributed by atoms with van der Waals surface area (Å²) in [5.41, 5.74) is -3.10. The van der Waals surface area contributed by atoms with E-state index in [2.05, 4.69) is 0 Å². The summed E-state index contributed by atoms with van der Waals surface area (Å²) >= 11 is 1.35. The average Bonchev–Trinajstić information content (AvgIpc) is 2.14. The minimum atomic E-state index is -4.87. The van der Waals surface area contributed by atoms with Crippen LogP contribution in [0.3, 0.4) is 0 Å². The molecule has 4 nitrogen and oxygen atoms in total. The number of ketones is 1. The monoisotopic (exact) mass is 359 g/mol. The Bertz CT molecular complexity index is 499. The van der Waals surface area contributed by atoms with Crippen LogP contribution in [0.15, 0.2) is 12.1 Å². The second kappa shape index (κ2) is 4.59. The predicted octanol–water partition coefficient (Wildman–Crippen LogP) is 3.42. The normalized spacial score (nSPS) is 11.4. The first-order valence-electron chi connectivity index (χ1n) is 4.21. The van der Waals surface area contributed by atoms with Crippen molar-refractivity contribution in [1.82, 2.24) is 0 Å². The van der Waals surface area contributed by atoms with Crippen LogP contribution in [-0.2, 0) is 6.18 Å². The maximum Gasteiger partial charge on any atom is 0.424 e. The molecular weight excluding hydrogens is 354 g/mol. The molecule has 0 bridgehead atoms. The number of nitro groups is 1. The van der Waals surface area contributed by atoms with Crippen LogP contribution in [0.1, 0.15) is 22.8 Å². The van der Waals surface area contributed by atoms with Gasteiger partial charge in [0.25, 0.3) is 5.69 Å². The van der Waals surface area contributed by atoms with Crippen molar-refractivity contribution in [3.63, 3.8) is 0 Å². The van der Waals surface area contributed by atoms with E-state index in [0.717, 1.165) is 19.1 Å². The van der Waals surface area contributed by atoms with E-state index >= 15 is 0 Å². The standard InChI is InChI=1S/C9H5F3INO3/c1-4(15)5-2-3-6(13)7(9(10,11)12)8(5)14(16)17/h2-3H,1H3. The Morgan fingerprint density at radius 2 is 1.94 bits per heavy atom. The number of Topliss-reactive ketones (excluding diaryl/α,β-unsaturated/α-hetero) is 1. The summed E-state index contributed by atoms with van der Waals surface area (Å²) in [7, 11) is 0. The number of carbonyl (C=O) groups excluding carboxylic acids is 1. The fraction of sp³-hybridized carbons (Fsp3) is 0.222. The first kappa shape index (κ1) is 13.9. The summed E-state index contributed by atoms with van der Waals surface area (Å²) in [5.74, 6) is -0.779. The molecule has 0 aliphatic heterocycles. The quantitative estimate of drug-likeness (QED) is 0.352. The molecular formula is C9H5F3INO3. The van der Waals surface area contributed by atoms with Crippen molar-refractivity contribution in [2.24, 2.45) is 0 Å². The molecule has 1 aromatic carbocycles. The molecule has 0 atom stereocenters. The molecule has 0 amide bonds. The summed E-state index contributed by atoms with van der Waals surface area (Å²) in [6, 6.07) is 2.06. The maximum absolute atomic E-state index is 12.7. The van der Waals surface area contributed by atoms with Gasteiger partial charge in [-0.15, -0.1) is 0 Å². The van der Waals surface area contributed by atoms with Crippen LogP contribution in [0.4, 0.5) is 18.9 Å². The molecule has 0 fully saturated rings. The zero-order valence-electron chi connectivity index (χ0n) is 8.34. The molecule has 0 heterocycles. The summed E-state index contributed by atoms with van der Waals surface area (Å²) in [6.07, 6.45) is -4.87. The van der Waals surface area contributed by atoms with Gasteiger partial charge in [0.15, 0.2) is 5.78 Å². The molecule has 0 aliphatic carbocycles. The lowest BCUT2D eigenvalue weighted by Gasteiger charge is -2.11. The molecule has 0 saturated heterocycles. The first-order valence-corrected chi connectivity index (χ1v) is 5.29. The summed E-state index contributed by atoms with van der Waals surface area (Å²) in [5, 5.41) is 10.7. The van der Waals surface area contributed by atoms with Gasteiger partial charge in [-0.05, 0) is 41.6 Å². The number of nitro benzene ring substituents is 1. The molecule has 0 aliphatic rings. The van der Waals surface area contributed by atoms with Crippen molar-refractivity contribution in [3.05, 3.63) is 36.9 Å². The highest BCUT2D eigenvalue weighted by Crippen LogP contribution is 2.41. The molecule has 0 saturated carbocycles. The number of nitrogens with zero attached hydrogens (tertiary/aromatic N) is 1. The molecule has 1 rings (SSSR count). The Labute approximate surface area is 107 Å². The zero-order valence-corrected chi connectivity index (χ0v) is 10.5.